The number of nitrogens with one attached hydrogen (secondary N) is 2. The lowest BCUT2D eigenvalue weighted by atomic mass is 9.72. The quantitative estimate of drug-likeness (QED) is 0.658. The zero-order valence-electron chi connectivity index (χ0n) is 19.8. The van der Waals surface area contributed by atoms with E-state index in [0.29, 0.717) is 19.5 Å². The number of nitrogens with zero attached hydrogens (tertiary/aromatic N) is 2. The topological polar surface area (TPSA) is 64.7 Å². The van der Waals surface area contributed by atoms with E-state index in [9.17, 15) is 14.0 Å². The molecule has 2 aromatic rings. The molecule has 3 unspecified atom stereocenters. The Morgan fingerprint density at radius 2 is 1.83 bits per heavy atom. The minimum Gasteiger partial charge on any atom is -0.336 e. The molecule has 2 N–H and O–H groups in total. The molecular formula is C27H32ClFN4O2. The molecule has 1 aliphatic carbocycles. The molecule has 0 aromatic heterocycles. The first-order valence-electron chi connectivity index (χ1n) is 12.6. The number of halogens is 2. The molecule has 2 heterocycles. The van der Waals surface area contributed by atoms with Gasteiger partial charge in [-0.15, -0.1) is 0 Å². The Hall–Kier alpha value is -2.48. The Kier molecular flexibility index (Phi) is 7.37. The molecule has 0 radical (unpaired) electrons. The van der Waals surface area contributed by atoms with Crippen LogP contribution in [-0.2, 0) is 17.8 Å². The van der Waals surface area contributed by atoms with Crippen molar-refractivity contribution in [1.29, 1.82) is 0 Å². The van der Waals surface area contributed by atoms with Crippen molar-refractivity contribution in [1.82, 2.24) is 20.7 Å². The number of fused-ring (bicyclic) bond motifs is 1. The van der Waals surface area contributed by atoms with E-state index in [1.54, 1.807) is 17.0 Å². The third-order valence-corrected chi connectivity index (χ3v) is 7.96. The number of piperazine rings is 1. The fourth-order valence-electron chi connectivity index (χ4n) is 5.82. The van der Waals surface area contributed by atoms with Crippen molar-refractivity contribution in [3.8, 4) is 0 Å². The minimum absolute atomic E-state index is 0.0414. The van der Waals surface area contributed by atoms with Crippen LogP contribution in [-0.4, -0.2) is 53.8 Å². The van der Waals surface area contributed by atoms with Gasteiger partial charge < -0.3 is 4.90 Å². The summed E-state index contributed by atoms with van der Waals surface area (Å²) in [5.41, 5.74) is 8.18. The van der Waals surface area contributed by atoms with Gasteiger partial charge in [-0.3, -0.25) is 19.9 Å². The predicted molar refractivity (Wildman–Crippen MR) is 133 cm³/mol. The third kappa shape index (κ3) is 5.52. The second-order valence-corrected chi connectivity index (χ2v) is 10.4. The largest absolute Gasteiger partial charge is 0.336 e. The molecular weight excluding hydrogens is 467 g/mol. The number of carbonyl (C=O) groups excluding carboxylic acids is 2. The summed E-state index contributed by atoms with van der Waals surface area (Å²) in [4.78, 5) is 29.5. The van der Waals surface area contributed by atoms with E-state index in [-0.39, 0.29) is 35.3 Å². The van der Waals surface area contributed by atoms with Gasteiger partial charge in [-0.1, -0.05) is 42.6 Å². The highest BCUT2D eigenvalue weighted by molar-refractivity contribution is 6.30. The number of hydrazine groups is 1. The Morgan fingerprint density at radius 1 is 1.03 bits per heavy atom. The fraction of sp³-hybridized carbons (Fsp3) is 0.481. The van der Waals surface area contributed by atoms with E-state index in [4.69, 9.17) is 11.6 Å². The van der Waals surface area contributed by atoms with Crippen molar-refractivity contribution >= 4 is 23.4 Å². The zero-order chi connectivity index (χ0) is 24.4. The summed E-state index contributed by atoms with van der Waals surface area (Å²) in [6, 6.07) is 12.8. The van der Waals surface area contributed by atoms with Crippen molar-refractivity contribution in [3.05, 3.63) is 70.0 Å². The van der Waals surface area contributed by atoms with Crippen LogP contribution in [0.1, 0.15) is 47.2 Å². The van der Waals surface area contributed by atoms with Crippen molar-refractivity contribution < 1.29 is 14.0 Å². The summed E-state index contributed by atoms with van der Waals surface area (Å²) >= 11 is 6.09. The van der Waals surface area contributed by atoms with E-state index >= 15 is 0 Å². The SMILES string of the molecule is O=C1NNC(Cc2ccc(F)c(C(=O)N3CCN(Cc4cccc(Cl)c4)CC3)c2)C2CCCCC12. The van der Waals surface area contributed by atoms with Gasteiger partial charge >= 0.3 is 0 Å². The summed E-state index contributed by atoms with van der Waals surface area (Å²) in [6.07, 6.45) is 4.80. The van der Waals surface area contributed by atoms with Gasteiger partial charge in [-0.25, -0.2) is 9.82 Å². The van der Waals surface area contributed by atoms with Crippen molar-refractivity contribution in [2.45, 2.75) is 44.7 Å². The summed E-state index contributed by atoms with van der Waals surface area (Å²) < 4.78 is 14.7. The Morgan fingerprint density at radius 3 is 2.63 bits per heavy atom. The molecule has 1 saturated carbocycles. The number of rotatable bonds is 5. The number of hydrogen-bond acceptors (Lipinski definition) is 4. The molecule has 5 rings (SSSR count). The Balaban J connectivity index is 1.22. The van der Waals surface area contributed by atoms with Crippen LogP contribution in [0.25, 0.3) is 0 Å². The van der Waals surface area contributed by atoms with Gasteiger partial charge in [0, 0.05) is 49.7 Å². The van der Waals surface area contributed by atoms with Crippen molar-refractivity contribution in [2.24, 2.45) is 11.8 Å². The van der Waals surface area contributed by atoms with Crippen LogP contribution >= 0.6 is 11.6 Å². The lowest BCUT2D eigenvalue weighted by Crippen LogP contribution is -2.60. The molecule has 2 amide bonds. The summed E-state index contributed by atoms with van der Waals surface area (Å²) in [5.74, 6) is -0.350. The minimum atomic E-state index is -0.486. The Bertz CT molecular complexity index is 1090. The molecule has 2 saturated heterocycles. The highest BCUT2D eigenvalue weighted by Gasteiger charge is 2.39. The molecule has 2 aromatic carbocycles. The van der Waals surface area contributed by atoms with E-state index in [2.05, 4.69) is 15.8 Å². The van der Waals surface area contributed by atoms with Gasteiger partial charge in [0.1, 0.15) is 5.82 Å². The molecule has 3 fully saturated rings. The first kappa shape index (κ1) is 24.2. The molecule has 0 bridgehead atoms. The summed E-state index contributed by atoms with van der Waals surface area (Å²) in [6.45, 7) is 3.36. The van der Waals surface area contributed by atoms with Crippen LogP contribution in [0.15, 0.2) is 42.5 Å². The molecule has 3 aliphatic rings. The van der Waals surface area contributed by atoms with Crippen LogP contribution in [0.2, 0.25) is 5.02 Å². The molecule has 35 heavy (non-hydrogen) atoms. The van der Waals surface area contributed by atoms with Crippen LogP contribution in [0.3, 0.4) is 0 Å². The molecule has 0 spiro atoms. The van der Waals surface area contributed by atoms with Gasteiger partial charge in [0.2, 0.25) is 5.91 Å². The number of benzene rings is 2. The number of amides is 2. The highest BCUT2D eigenvalue weighted by Crippen LogP contribution is 2.35. The lowest BCUT2D eigenvalue weighted by Gasteiger charge is -2.41. The van der Waals surface area contributed by atoms with Crippen LogP contribution in [0, 0.1) is 17.7 Å². The van der Waals surface area contributed by atoms with Crippen LogP contribution < -0.4 is 10.9 Å². The van der Waals surface area contributed by atoms with E-state index in [1.165, 1.54) is 6.07 Å². The normalized spacial score (nSPS) is 25.1. The van der Waals surface area contributed by atoms with Crippen LogP contribution in [0.5, 0.6) is 0 Å². The smallest absolute Gasteiger partial charge is 0.256 e. The standard InChI is InChI=1S/C27H32ClFN4O2/c28-20-5-3-4-19(14-20)17-32-10-12-33(13-11-32)27(35)23-15-18(8-9-24(23)29)16-25-21-6-1-2-7-22(21)26(34)31-30-25/h3-5,8-9,14-15,21-22,25,30H,1-2,6-7,10-13,16-17H2,(H,31,34). The van der Waals surface area contributed by atoms with Gasteiger partial charge in [0.15, 0.2) is 0 Å². The Labute approximate surface area is 210 Å². The molecule has 3 atom stereocenters. The maximum atomic E-state index is 14.7. The molecule has 2 aliphatic heterocycles. The molecule has 6 nitrogen and oxygen atoms in total. The average molecular weight is 499 g/mol. The van der Waals surface area contributed by atoms with Gasteiger partial charge in [0.05, 0.1) is 5.56 Å². The number of carbonyl (C=O) groups is 2. The van der Waals surface area contributed by atoms with E-state index < -0.39 is 5.82 Å². The third-order valence-electron chi connectivity index (χ3n) is 7.73. The highest BCUT2D eigenvalue weighted by atomic mass is 35.5. The van der Waals surface area contributed by atoms with Gasteiger partial charge in [-0.2, -0.15) is 0 Å². The van der Waals surface area contributed by atoms with E-state index in [1.807, 2.05) is 24.3 Å². The summed E-state index contributed by atoms with van der Waals surface area (Å²) in [7, 11) is 0. The lowest BCUT2D eigenvalue weighted by molar-refractivity contribution is -0.133. The number of hydrogen-bond donors (Lipinski definition) is 2. The fourth-order valence-corrected chi connectivity index (χ4v) is 6.04. The molecule has 186 valence electrons. The summed E-state index contributed by atoms with van der Waals surface area (Å²) in [5, 5.41) is 0.719. The first-order chi connectivity index (χ1) is 17.0. The second-order valence-electron chi connectivity index (χ2n) is 10.0. The van der Waals surface area contributed by atoms with Crippen molar-refractivity contribution in [3.63, 3.8) is 0 Å². The monoisotopic (exact) mass is 498 g/mol. The molecule has 8 heteroatoms. The van der Waals surface area contributed by atoms with Gasteiger partial charge in [-0.05, 0) is 60.6 Å². The van der Waals surface area contributed by atoms with Crippen molar-refractivity contribution in [2.75, 3.05) is 26.2 Å². The van der Waals surface area contributed by atoms with Crippen LogP contribution in [0.4, 0.5) is 4.39 Å². The average Bonchev–Trinajstić information content (AvgIpc) is 2.87. The second kappa shape index (κ2) is 10.6. The maximum Gasteiger partial charge on any atom is 0.256 e. The van der Waals surface area contributed by atoms with E-state index in [0.717, 1.165) is 61.5 Å². The predicted octanol–water partition coefficient (Wildman–Crippen LogP) is 3.79. The zero-order valence-corrected chi connectivity index (χ0v) is 20.6. The first-order valence-corrected chi connectivity index (χ1v) is 13.0. The maximum absolute atomic E-state index is 14.7. The van der Waals surface area contributed by atoms with Gasteiger partial charge in [0.25, 0.3) is 5.91 Å².